The first-order valence-electron chi connectivity index (χ1n) is 11.1. The monoisotopic (exact) mass is 647 g/mol. The van der Waals surface area contributed by atoms with Gasteiger partial charge in [-0.05, 0) is 88.3 Å². The average molecular weight is 648 g/mol. The third kappa shape index (κ3) is 5.80. The van der Waals surface area contributed by atoms with Crippen molar-refractivity contribution in [1.29, 1.82) is 0 Å². The number of rotatable bonds is 8. The summed E-state index contributed by atoms with van der Waals surface area (Å²) in [5.41, 5.74) is 0.165. The largest absolute Gasteiger partial charge is 0.497 e. The van der Waals surface area contributed by atoms with Crippen molar-refractivity contribution in [2.75, 3.05) is 19.1 Å². The molecule has 1 N–H and O–H groups in total. The average Bonchev–Trinajstić information content (AvgIpc) is 2.92. The van der Waals surface area contributed by atoms with Crippen LogP contribution < -0.4 is 23.9 Å². The minimum atomic E-state index is -4.41. The van der Waals surface area contributed by atoms with Crippen LogP contribution in [0.5, 0.6) is 17.2 Å². The van der Waals surface area contributed by atoms with Gasteiger partial charge in [-0.25, -0.2) is 0 Å². The molecular formula is C25H18BrN3O9S2. The number of carbonyl (C=O) groups is 2. The second-order valence-electron chi connectivity index (χ2n) is 7.98. The molecule has 15 heteroatoms. The summed E-state index contributed by atoms with van der Waals surface area (Å²) in [7, 11) is -1.64. The molecule has 12 nitrogen and oxygen atoms in total. The number of hydrogen-bond donors (Lipinski definition) is 1. The molecule has 0 bridgehead atoms. The summed E-state index contributed by atoms with van der Waals surface area (Å²) in [4.78, 5) is 37.0. The van der Waals surface area contributed by atoms with Crippen molar-refractivity contribution >= 4 is 72.6 Å². The number of amides is 2. The van der Waals surface area contributed by atoms with Gasteiger partial charge in [-0.2, -0.15) is 8.42 Å². The Morgan fingerprint density at radius 2 is 1.68 bits per heavy atom. The van der Waals surface area contributed by atoms with E-state index >= 15 is 0 Å². The Morgan fingerprint density at radius 1 is 1.02 bits per heavy atom. The molecule has 206 valence electrons. The number of nitrogens with zero attached hydrogens (tertiary/aromatic N) is 2. The van der Waals surface area contributed by atoms with Crippen LogP contribution in [0.25, 0.3) is 6.08 Å². The maximum atomic E-state index is 13.3. The zero-order valence-corrected chi connectivity index (χ0v) is 23.8. The highest BCUT2D eigenvalue weighted by Crippen LogP contribution is 2.39. The molecule has 1 saturated heterocycles. The number of thiocarbonyl (C=S) groups is 1. The van der Waals surface area contributed by atoms with E-state index in [2.05, 4.69) is 21.2 Å². The summed E-state index contributed by atoms with van der Waals surface area (Å²) >= 11 is 8.46. The highest BCUT2D eigenvalue weighted by Gasteiger charge is 2.34. The van der Waals surface area contributed by atoms with Crippen molar-refractivity contribution in [2.45, 2.75) is 4.90 Å². The van der Waals surface area contributed by atoms with Crippen molar-refractivity contribution in [2.24, 2.45) is 0 Å². The summed E-state index contributed by atoms with van der Waals surface area (Å²) in [5, 5.41) is 13.2. The van der Waals surface area contributed by atoms with Gasteiger partial charge in [-0.1, -0.05) is 0 Å². The normalized spacial score (nSPS) is 14.6. The number of halogens is 1. The van der Waals surface area contributed by atoms with Gasteiger partial charge in [-0.15, -0.1) is 0 Å². The number of benzene rings is 3. The number of non-ortho nitro benzene ring substituents is 1. The fourth-order valence-corrected chi connectivity index (χ4v) is 5.47. The van der Waals surface area contributed by atoms with E-state index in [1.807, 2.05) is 0 Å². The van der Waals surface area contributed by atoms with Gasteiger partial charge in [0.2, 0.25) is 0 Å². The molecule has 40 heavy (non-hydrogen) atoms. The molecule has 3 aromatic carbocycles. The Hall–Kier alpha value is -4.34. The van der Waals surface area contributed by atoms with Crippen molar-refractivity contribution in [1.82, 2.24) is 5.32 Å². The number of carbonyl (C=O) groups excluding carboxylic acids is 2. The molecule has 2 amide bonds. The standard InChI is InChI=1S/C25H18BrN3O9S2/c1-36-17-7-3-15(4-8-17)28-24(31)19(23(30)27-25(28)39)11-14-12-20(26)22(21(13-14)37-2)38-40(34,35)18-9-5-16(6-10-18)29(32)33/h3-13H,1-2H3,(H,27,30,39)/b19-11-. The maximum Gasteiger partial charge on any atom is 0.339 e. The van der Waals surface area contributed by atoms with Gasteiger partial charge < -0.3 is 13.7 Å². The summed E-state index contributed by atoms with van der Waals surface area (Å²) < 4.78 is 41.5. The quantitative estimate of drug-likeness (QED) is 0.0948. The molecule has 0 aromatic heterocycles. The number of nitrogens with one attached hydrogen (secondary N) is 1. The lowest BCUT2D eigenvalue weighted by Gasteiger charge is -2.29. The Labute approximate surface area is 241 Å². The molecule has 0 spiro atoms. The van der Waals surface area contributed by atoms with Crippen molar-refractivity contribution in [3.8, 4) is 17.2 Å². The summed E-state index contributed by atoms with van der Waals surface area (Å²) in [6.07, 6.45) is 1.29. The Bertz CT molecular complexity index is 1670. The maximum absolute atomic E-state index is 13.3. The fraction of sp³-hybridized carbons (Fsp3) is 0.0800. The summed E-state index contributed by atoms with van der Waals surface area (Å²) in [5.74, 6) is -1.11. The second-order valence-corrected chi connectivity index (χ2v) is 10.8. The van der Waals surface area contributed by atoms with Gasteiger partial charge in [-0.3, -0.25) is 29.9 Å². The number of anilines is 1. The van der Waals surface area contributed by atoms with Crippen LogP contribution in [0.15, 0.2) is 75.6 Å². The summed E-state index contributed by atoms with van der Waals surface area (Å²) in [6.45, 7) is 0. The Morgan fingerprint density at radius 3 is 2.25 bits per heavy atom. The van der Waals surface area contributed by atoms with E-state index in [0.29, 0.717) is 17.0 Å². The van der Waals surface area contributed by atoms with E-state index in [4.69, 9.17) is 25.9 Å². The second kappa shape index (κ2) is 11.4. The van der Waals surface area contributed by atoms with E-state index in [1.54, 1.807) is 24.3 Å². The molecule has 1 fully saturated rings. The van der Waals surface area contributed by atoms with Gasteiger partial charge in [0.15, 0.2) is 16.6 Å². The summed E-state index contributed by atoms with van der Waals surface area (Å²) in [6, 6.07) is 13.4. The predicted molar refractivity (Wildman–Crippen MR) is 151 cm³/mol. The lowest BCUT2D eigenvalue weighted by Crippen LogP contribution is -2.54. The minimum Gasteiger partial charge on any atom is -0.497 e. The number of hydrogen-bond acceptors (Lipinski definition) is 10. The molecular weight excluding hydrogens is 630 g/mol. The smallest absolute Gasteiger partial charge is 0.339 e. The number of nitro benzene ring substituents is 1. The van der Waals surface area contributed by atoms with Crippen LogP contribution in [-0.2, 0) is 19.7 Å². The van der Waals surface area contributed by atoms with Crippen LogP contribution in [0.4, 0.5) is 11.4 Å². The third-order valence-corrected chi connectivity index (χ3v) is 7.63. The molecule has 3 aromatic rings. The van der Waals surface area contributed by atoms with Crippen LogP contribution in [-0.4, -0.2) is 44.5 Å². The van der Waals surface area contributed by atoms with Crippen LogP contribution in [0.2, 0.25) is 0 Å². The molecule has 4 rings (SSSR count). The van der Waals surface area contributed by atoms with Crippen molar-refractivity contribution in [3.05, 3.63) is 86.4 Å². The highest BCUT2D eigenvalue weighted by atomic mass is 79.9. The Kier molecular flexibility index (Phi) is 8.18. The lowest BCUT2D eigenvalue weighted by molar-refractivity contribution is -0.384. The number of ether oxygens (including phenoxy) is 2. The van der Waals surface area contributed by atoms with Crippen LogP contribution in [0.1, 0.15) is 5.56 Å². The van der Waals surface area contributed by atoms with Gasteiger partial charge in [0.05, 0.1) is 29.3 Å². The zero-order valence-electron chi connectivity index (χ0n) is 20.6. The first-order valence-corrected chi connectivity index (χ1v) is 13.7. The third-order valence-electron chi connectivity index (χ3n) is 5.52. The highest BCUT2D eigenvalue weighted by molar-refractivity contribution is 9.10. The van der Waals surface area contributed by atoms with Crippen LogP contribution in [0.3, 0.4) is 0 Å². The molecule has 0 aliphatic carbocycles. The van der Waals surface area contributed by atoms with E-state index in [-0.39, 0.29) is 37.2 Å². The van der Waals surface area contributed by atoms with Crippen molar-refractivity contribution in [3.63, 3.8) is 0 Å². The van der Waals surface area contributed by atoms with E-state index in [1.165, 1.54) is 32.4 Å². The zero-order chi connectivity index (χ0) is 29.2. The topological polar surface area (TPSA) is 154 Å². The molecule has 1 aliphatic heterocycles. The van der Waals surface area contributed by atoms with Gasteiger partial charge in [0.25, 0.3) is 17.5 Å². The number of nitro groups is 1. The van der Waals surface area contributed by atoms with Crippen molar-refractivity contribution < 1.29 is 36.6 Å². The molecule has 0 unspecified atom stereocenters. The SMILES string of the molecule is COc1ccc(N2C(=O)/C(=C\c3cc(Br)c(OS(=O)(=O)c4ccc([N+](=O)[O-])cc4)c(OC)c3)C(=O)NC2=S)cc1. The van der Waals surface area contributed by atoms with E-state index in [0.717, 1.165) is 29.2 Å². The van der Waals surface area contributed by atoms with Gasteiger partial charge in [0, 0.05) is 12.1 Å². The van der Waals surface area contributed by atoms with E-state index in [9.17, 15) is 28.1 Å². The minimum absolute atomic E-state index is 0.0436. The van der Waals surface area contributed by atoms with E-state index < -0.39 is 26.9 Å². The first-order chi connectivity index (χ1) is 18.9. The predicted octanol–water partition coefficient (Wildman–Crippen LogP) is 3.97. The first kappa shape index (κ1) is 28.7. The van der Waals surface area contributed by atoms with Crippen LogP contribution in [0, 0.1) is 10.1 Å². The fourth-order valence-electron chi connectivity index (χ4n) is 3.59. The number of methoxy groups -OCH3 is 2. The Balaban J connectivity index is 1.67. The van der Waals surface area contributed by atoms with Gasteiger partial charge >= 0.3 is 10.1 Å². The van der Waals surface area contributed by atoms with Gasteiger partial charge in [0.1, 0.15) is 16.2 Å². The molecule has 1 aliphatic rings. The molecule has 0 radical (unpaired) electrons. The molecule has 0 atom stereocenters. The lowest BCUT2D eigenvalue weighted by atomic mass is 10.1. The molecule has 0 saturated carbocycles. The molecule has 1 heterocycles. The van der Waals surface area contributed by atoms with Crippen LogP contribution >= 0.6 is 28.1 Å².